The van der Waals surface area contributed by atoms with Crippen molar-refractivity contribution in [3.63, 3.8) is 0 Å². The van der Waals surface area contributed by atoms with Crippen molar-refractivity contribution in [3.05, 3.63) is 187 Å². The number of rotatable bonds is 8. The van der Waals surface area contributed by atoms with E-state index in [1.165, 1.54) is 94.9 Å². The minimum atomic E-state index is 1.03. The average Bonchev–Trinajstić information content (AvgIpc) is 3.22. The van der Waals surface area contributed by atoms with E-state index < -0.39 is 0 Å². The maximum absolute atomic E-state index is 5.10. The Labute approximate surface area is 311 Å². The van der Waals surface area contributed by atoms with Gasteiger partial charge in [-0.25, -0.2) is 0 Å². The number of hydrogen-bond donors (Lipinski definition) is 0. The average molecular weight is 680 g/mol. The predicted octanol–water partition coefficient (Wildman–Crippen LogP) is 14.8. The van der Waals surface area contributed by atoms with Crippen LogP contribution < -0.4 is 0 Å². The molecule has 0 aliphatic heterocycles. The van der Waals surface area contributed by atoms with Gasteiger partial charge in [-0.05, 0) is 132 Å². The summed E-state index contributed by atoms with van der Waals surface area (Å²) in [7, 11) is 0. The summed E-state index contributed by atoms with van der Waals surface area (Å²) in [5.74, 6) is 0. The van der Waals surface area contributed by atoms with Crippen LogP contribution in [0.2, 0.25) is 0 Å². The number of fused-ring (bicyclic) bond motifs is 4. The fourth-order valence-corrected chi connectivity index (χ4v) is 8.02. The van der Waals surface area contributed by atoms with Crippen LogP contribution in [0.25, 0.3) is 76.5 Å². The first-order valence-electron chi connectivity index (χ1n) is 18.9. The first-order valence-corrected chi connectivity index (χ1v) is 18.9. The molecule has 0 heterocycles. The molecule has 0 aliphatic rings. The fraction of sp³-hybridized carbons (Fsp3) is 0.0962. The van der Waals surface area contributed by atoms with Crippen LogP contribution in [0.3, 0.4) is 0 Å². The zero-order chi connectivity index (χ0) is 35.7. The van der Waals surface area contributed by atoms with Crippen molar-refractivity contribution in [1.29, 1.82) is 0 Å². The lowest BCUT2D eigenvalue weighted by atomic mass is 9.84. The van der Waals surface area contributed by atoms with Gasteiger partial charge in [-0.15, -0.1) is 0 Å². The van der Waals surface area contributed by atoms with E-state index in [-0.39, 0.29) is 0 Å². The first kappa shape index (κ1) is 32.6. The van der Waals surface area contributed by atoms with E-state index in [4.69, 9.17) is 4.99 Å². The fourth-order valence-electron chi connectivity index (χ4n) is 8.02. The summed E-state index contributed by atoms with van der Waals surface area (Å²) < 4.78 is 0. The lowest BCUT2D eigenvalue weighted by molar-refractivity contribution is 0.795. The van der Waals surface area contributed by atoms with Gasteiger partial charge >= 0.3 is 0 Å². The molecular weight excluding hydrogens is 639 g/mol. The molecule has 9 aromatic rings. The minimum absolute atomic E-state index is 1.03. The third-order valence-corrected chi connectivity index (χ3v) is 10.8. The molecule has 0 radical (unpaired) electrons. The number of benzene rings is 9. The third kappa shape index (κ3) is 6.19. The Bertz CT molecular complexity index is 2820. The van der Waals surface area contributed by atoms with E-state index in [1.54, 1.807) is 0 Å². The van der Waals surface area contributed by atoms with Gasteiger partial charge in [-0.2, -0.15) is 0 Å². The zero-order valence-corrected chi connectivity index (χ0v) is 30.3. The molecule has 0 amide bonds. The number of nitrogens with zero attached hydrogens (tertiary/aromatic N) is 1. The summed E-state index contributed by atoms with van der Waals surface area (Å²) in [5, 5.41) is 10.0. The second-order valence-electron chi connectivity index (χ2n) is 14.2. The molecule has 1 nitrogen and oxygen atoms in total. The van der Waals surface area contributed by atoms with Crippen LogP contribution in [0.1, 0.15) is 37.8 Å². The van der Waals surface area contributed by atoms with E-state index in [2.05, 4.69) is 190 Å². The molecule has 53 heavy (non-hydrogen) atoms. The summed E-state index contributed by atoms with van der Waals surface area (Å²) in [4.78, 5) is 5.10. The van der Waals surface area contributed by atoms with Gasteiger partial charge in [0.2, 0.25) is 0 Å². The van der Waals surface area contributed by atoms with Crippen molar-refractivity contribution in [2.75, 3.05) is 0 Å². The molecule has 0 bridgehead atoms. The smallest absolute Gasteiger partial charge is 0.0665 e. The highest BCUT2D eigenvalue weighted by molar-refractivity contribution is 6.22. The van der Waals surface area contributed by atoms with Crippen molar-refractivity contribution in [2.45, 2.75) is 33.1 Å². The topological polar surface area (TPSA) is 12.4 Å². The van der Waals surface area contributed by atoms with Gasteiger partial charge in [0.1, 0.15) is 0 Å². The molecule has 0 spiro atoms. The van der Waals surface area contributed by atoms with Crippen molar-refractivity contribution >= 4 is 54.5 Å². The Morgan fingerprint density at radius 1 is 0.434 bits per heavy atom. The Kier molecular flexibility index (Phi) is 8.62. The monoisotopic (exact) mass is 679 g/mol. The lowest BCUT2D eigenvalue weighted by Gasteiger charge is -2.19. The van der Waals surface area contributed by atoms with Crippen molar-refractivity contribution in [3.8, 4) is 33.4 Å². The molecule has 254 valence electrons. The summed E-state index contributed by atoms with van der Waals surface area (Å²) in [6.45, 7) is 4.36. The summed E-state index contributed by atoms with van der Waals surface area (Å²) in [5.41, 5.74) is 12.0. The molecule has 0 saturated carbocycles. The molecule has 0 saturated heterocycles. The SMILES string of the molecule is CCCCc1ccccc1N=C(C)c1ccc(-c2ccc3c(-c4ccc5ccccc5c4)c4ccccc4c(-c4ccc5ccccc5c4)c3c2)cc1. The Balaban J connectivity index is 1.22. The molecule has 0 aromatic heterocycles. The van der Waals surface area contributed by atoms with E-state index in [0.29, 0.717) is 0 Å². The van der Waals surface area contributed by atoms with E-state index in [0.717, 1.165) is 23.4 Å². The van der Waals surface area contributed by atoms with Crippen LogP contribution in [0, 0.1) is 0 Å². The maximum atomic E-state index is 5.10. The van der Waals surface area contributed by atoms with E-state index in [1.807, 2.05) is 0 Å². The molecule has 0 fully saturated rings. The lowest BCUT2D eigenvalue weighted by Crippen LogP contribution is -1.95. The van der Waals surface area contributed by atoms with Gasteiger partial charge in [0.05, 0.1) is 5.69 Å². The van der Waals surface area contributed by atoms with Crippen LogP contribution in [0.4, 0.5) is 5.69 Å². The highest BCUT2D eigenvalue weighted by atomic mass is 14.7. The Hall–Kier alpha value is -6.31. The third-order valence-electron chi connectivity index (χ3n) is 10.8. The first-order chi connectivity index (χ1) is 26.1. The standard InChI is InChI=1S/C52H41N/c1-3-4-13-40-16-9-12-21-50(40)53-35(2)36-22-24-39(25-23-36)43-30-31-48-49(34-43)52(45-29-27-38-15-6-8-18-42(38)33-45)47-20-11-10-19-46(47)51(48)44-28-26-37-14-5-7-17-41(37)32-44/h5-12,14-34H,3-4,13H2,1-2H3. The van der Waals surface area contributed by atoms with Gasteiger partial charge < -0.3 is 0 Å². The second-order valence-corrected chi connectivity index (χ2v) is 14.2. The zero-order valence-electron chi connectivity index (χ0n) is 30.3. The number of aryl methyl sites for hydroxylation is 1. The number of hydrogen-bond acceptors (Lipinski definition) is 1. The van der Waals surface area contributed by atoms with Crippen LogP contribution in [-0.2, 0) is 6.42 Å². The van der Waals surface area contributed by atoms with Gasteiger partial charge in [0, 0.05) is 5.71 Å². The summed E-state index contributed by atoms with van der Waals surface area (Å²) >= 11 is 0. The minimum Gasteiger partial charge on any atom is -0.253 e. The molecule has 0 atom stereocenters. The molecular formula is C52H41N. The molecule has 9 aromatic carbocycles. The number of unbranched alkanes of at least 4 members (excludes halogenated alkanes) is 1. The van der Waals surface area contributed by atoms with Crippen molar-refractivity contribution in [2.24, 2.45) is 4.99 Å². The highest BCUT2D eigenvalue weighted by Gasteiger charge is 2.18. The molecule has 0 unspecified atom stereocenters. The van der Waals surface area contributed by atoms with E-state index in [9.17, 15) is 0 Å². The van der Waals surface area contributed by atoms with Gasteiger partial charge in [0.25, 0.3) is 0 Å². The summed E-state index contributed by atoms with van der Waals surface area (Å²) in [6, 6.07) is 64.6. The molecule has 1 heteroatoms. The summed E-state index contributed by atoms with van der Waals surface area (Å²) in [6.07, 6.45) is 3.41. The van der Waals surface area contributed by atoms with Crippen LogP contribution in [-0.4, -0.2) is 5.71 Å². The van der Waals surface area contributed by atoms with Crippen LogP contribution in [0.5, 0.6) is 0 Å². The Morgan fingerprint density at radius 2 is 0.943 bits per heavy atom. The van der Waals surface area contributed by atoms with Gasteiger partial charge in [0.15, 0.2) is 0 Å². The van der Waals surface area contributed by atoms with Gasteiger partial charge in [-0.3, -0.25) is 4.99 Å². The van der Waals surface area contributed by atoms with Crippen LogP contribution >= 0.6 is 0 Å². The van der Waals surface area contributed by atoms with E-state index >= 15 is 0 Å². The number of para-hydroxylation sites is 1. The van der Waals surface area contributed by atoms with Crippen LogP contribution in [0.15, 0.2) is 181 Å². The maximum Gasteiger partial charge on any atom is 0.0665 e. The normalized spacial score (nSPS) is 11.9. The second kappa shape index (κ2) is 14.0. The van der Waals surface area contributed by atoms with Gasteiger partial charge in [-0.1, -0.05) is 165 Å². The quantitative estimate of drug-likeness (QED) is 0.112. The molecule has 9 rings (SSSR count). The molecule has 0 N–H and O–H groups in total. The van der Waals surface area contributed by atoms with Crippen molar-refractivity contribution in [1.82, 2.24) is 0 Å². The largest absolute Gasteiger partial charge is 0.253 e. The Morgan fingerprint density at radius 3 is 1.58 bits per heavy atom. The highest BCUT2D eigenvalue weighted by Crippen LogP contribution is 2.45. The predicted molar refractivity (Wildman–Crippen MR) is 230 cm³/mol. The number of aliphatic imine (C=N–C) groups is 1. The molecule has 0 aliphatic carbocycles. The van der Waals surface area contributed by atoms with Crippen molar-refractivity contribution < 1.29 is 0 Å².